The number of nitrogens with zero attached hydrogens (tertiary/aromatic N) is 12. The van der Waals surface area contributed by atoms with E-state index in [0.717, 1.165) is 185 Å². The Morgan fingerprint density at radius 1 is 0.240 bits per heavy atom. The summed E-state index contributed by atoms with van der Waals surface area (Å²) >= 11 is 0. The van der Waals surface area contributed by atoms with Crippen molar-refractivity contribution in [2.75, 3.05) is 26.7 Å². The van der Waals surface area contributed by atoms with Crippen LogP contribution in [0, 0.1) is 90.1 Å². The number of pyridine rings is 8. The molecule has 0 saturated carbocycles. The number of hydrogen-bond acceptors (Lipinski definition) is 8. The molecule has 0 N–H and O–H groups in total. The first-order valence-electron chi connectivity index (χ1n) is 47.3. The average molecular weight is 2770 g/mol. The van der Waals surface area contributed by atoms with E-state index in [0.29, 0.717) is 10.7 Å². The third-order valence-corrected chi connectivity index (χ3v) is 33.6. The number of aromatic nitrogens is 12. The zero-order chi connectivity index (χ0) is 101. The van der Waals surface area contributed by atoms with Crippen LogP contribution in [0.1, 0.15) is 44.6 Å². The maximum Gasteiger partial charge on any atom is 2.00 e. The summed E-state index contributed by atoms with van der Waals surface area (Å²) in [7, 11) is -3.68. The largest absolute Gasteiger partial charge is 2.00 e. The van der Waals surface area contributed by atoms with Crippen LogP contribution < -0.4 is 43.0 Å². The van der Waals surface area contributed by atoms with Crippen molar-refractivity contribution in [2.45, 2.75) is 53.9 Å². The van der Waals surface area contributed by atoms with Gasteiger partial charge >= 0.3 is 96.6 Å². The van der Waals surface area contributed by atoms with Crippen LogP contribution in [0.4, 0.5) is 26.3 Å². The van der Waals surface area contributed by atoms with E-state index in [1.807, 2.05) is 161 Å². The van der Waals surface area contributed by atoms with E-state index in [1.54, 1.807) is 19.1 Å². The number of halogens is 6. The van der Waals surface area contributed by atoms with E-state index in [9.17, 15) is 26.3 Å². The monoisotopic (exact) mass is 2760 g/mol. The Balaban J connectivity index is 0.000000135. The number of hydrogen-bond donors (Lipinski definition) is 0. The van der Waals surface area contributed by atoms with E-state index in [-0.39, 0.29) is 89.7 Å². The summed E-state index contributed by atoms with van der Waals surface area (Å²) in [5, 5.41) is 12.9. The van der Waals surface area contributed by atoms with Crippen LogP contribution in [0.15, 0.2) is 365 Å². The fourth-order valence-electron chi connectivity index (χ4n) is 18.5. The summed E-state index contributed by atoms with van der Waals surface area (Å²) in [6, 6.07) is 134. The fraction of sp³-hybridized carbons (Fsp3) is 0.0968. The topological polar surface area (TPSA) is 123 Å². The first kappa shape index (κ1) is 108. The van der Waals surface area contributed by atoms with Crippen LogP contribution in [-0.4, -0.2) is 84.8 Å². The summed E-state index contributed by atoms with van der Waals surface area (Å²) in [5.41, 5.74) is 23.6. The molecule has 0 aliphatic rings. The van der Waals surface area contributed by atoms with E-state index >= 15 is 0 Å². The zero-order valence-corrected chi connectivity index (χ0v) is 95.0. The molecule has 0 aliphatic heterocycles. The predicted molar refractivity (Wildman–Crippen MR) is 591 cm³/mol. The molecular formula is C124H90F6N12P4Pt4. The normalized spacial score (nSPS) is 12.2. The molecule has 4 atom stereocenters. The van der Waals surface area contributed by atoms with Crippen molar-refractivity contribution in [3.05, 3.63) is 458 Å². The Morgan fingerprint density at radius 3 is 0.900 bits per heavy atom. The van der Waals surface area contributed by atoms with E-state index < -0.39 is 55.2 Å². The molecule has 4 unspecified atom stereocenters. The molecule has 0 aliphatic carbocycles. The number of fused-ring (bicyclic) bond motifs is 12. The standard InChI is InChI=1S/2C31H21F3N3P.2C31H24N3P.4Pt/c1-20-14-16-35-29(17-20)37-27-11-4-3-9-24(27)25-13-12-22(19-28(25)37)21-7-5-8-23(18-21)38(2)30-26(31(32,33)34)10-6-15-36-30;1-20-12-14-35-29(16-20)37-27-9-4-3-8-25(27)26-11-10-22(18-28(26)37)21-6-5-7-24(17-21)38(2)30-19-23(13-15-36-30)31(32,33)34;1-21-16-17-32-30(18-21)34-28-12-5-4-11-26(28)27-15-14-24(20-29(27)34)23-9-7-10-25(19-23)35(3)31-13-6-8-22(2)33-31;1-21-15-16-32-30(17-21)34-28-10-5-4-9-26(28)27-13-12-24(19-29(27)34)23-7-6-8-25(18-23)35(3)31-14-11-22(2)20-33-31;;;;/h3-17H,1-2H3;3-16,19H,1-2H3;4-18H,1-3H3;4-17,20H,1-3H3;;;;/q4*-2;4*+2. The fourth-order valence-corrected chi connectivity index (χ4v) is 24.4. The quantitative estimate of drug-likeness (QED) is 0.0532. The average Bonchev–Trinajstić information content (AvgIpc) is 1.60. The number of aryl methyl sites for hydroxylation is 6. The molecule has 12 nitrogen and oxygen atoms in total. The van der Waals surface area contributed by atoms with Crippen LogP contribution in [0.3, 0.4) is 0 Å². The minimum absolute atomic E-state index is 0. The summed E-state index contributed by atoms with van der Waals surface area (Å²) in [5.74, 6) is 3.43. The van der Waals surface area contributed by atoms with Gasteiger partial charge in [-0.3, -0.25) is 19.9 Å². The SMILES string of the molecule is Cc1ccc(P(C)c2[c-]c(-c3[c-]c4c(cc3)c3ccccc3n4-c3cc(C)ccn3)ccc2)nc1.Cc1ccnc(-n2c3[c-]c(-c4[c-]c(P(C)c5cc(C(F)(F)F)ccn5)ccc4)ccc3c3ccccc32)c1.Cc1ccnc(-n2c3[c-]c(-c4[c-]c(P(C)c5cccc(C)n5)ccc4)ccc3c3ccccc32)c1.Cc1ccnc(-n2c3[c-]c(-c4[c-]c(P(C)c5ncccc5C(F)(F)F)ccc4)ccc3c3ccccc32)c1.[Pt+2].[Pt+2].[Pt+2].[Pt+2]. The second-order valence-electron chi connectivity index (χ2n) is 35.9. The van der Waals surface area contributed by atoms with Crippen molar-refractivity contribution in [3.8, 4) is 67.8 Å². The number of rotatable bonds is 16. The molecule has 12 heterocycles. The van der Waals surface area contributed by atoms with Gasteiger partial charge in [-0.2, -0.15) is 148 Å². The first-order chi connectivity index (χ1) is 70.8. The Morgan fingerprint density at radius 2 is 0.567 bits per heavy atom. The Labute approximate surface area is 928 Å². The smallest absolute Gasteiger partial charge is 0.314 e. The van der Waals surface area contributed by atoms with Gasteiger partial charge in [0.25, 0.3) is 0 Å². The van der Waals surface area contributed by atoms with Gasteiger partial charge in [0, 0.05) is 71.1 Å². The maximum atomic E-state index is 13.7. The number of para-hydroxylation sites is 4. The van der Waals surface area contributed by atoms with Crippen LogP contribution in [-0.2, 0) is 96.6 Å². The summed E-state index contributed by atoms with van der Waals surface area (Å²) in [4.78, 5) is 36.4. The molecule has 0 saturated heterocycles. The van der Waals surface area contributed by atoms with Crippen LogP contribution in [0.5, 0.6) is 0 Å². The van der Waals surface area contributed by atoms with Gasteiger partial charge < -0.3 is 18.3 Å². The third-order valence-electron chi connectivity index (χ3n) is 25.9. The van der Waals surface area contributed by atoms with Crippen LogP contribution >= 0.6 is 31.7 Å². The van der Waals surface area contributed by atoms with Crippen molar-refractivity contribution in [1.29, 1.82) is 0 Å². The second-order valence-corrected chi connectivity index (χ2v) is 44.0. The van der Waals surface area contributed by atoms with E-state index in [2.05, 4.69) is 308 Å². The van der Waals surface area contributed by atoms with Gasteiger partial charge in [-0.25, -0.2) is 64.4 Å². The molecule has 24 aromatic rings. The van der Waals surface area contributed by atoms with Gasteiger partial charge in [-0.15, -0.1) is 69.7 Å². The maximum absolute atomic E-state index is 13.7. The predicted octanol–water partition coefficient (Wildman–Crippen LogP) is 27.5. The summed E-state index contributed by atoms with van der Waals surface area (Å²) < 4.78 is 89.4. The van der Waals surface area contributed by atoms with Gasteiger partial charge in [0.2, 0.25) is 0 Å². The molecule has 0 spiro atoms. The van der Waals surface area contributed by atoms with Crippen molar-refractivity contribution in [1.82, 2.24) is 58.1 Å². The molecule has 12 aromatic carbocycles. The molecule has 748 valence electrons. The first-order valence-corrected chi connectivity index (χ1v) is 54.4. The molecule has 0 bridgehead atoms. The molecule has 26 heteroatoms. The molecule has 0 radical (unpaired) electrons. The van der Waals surface area contributed by atoms with Crippen molar-refractivity contribution < 1.29 is 111 Å². The van der Waals surface area contributed by atoms with Gasteiger partial charge in [-0.05, 0) is 287 Å². The second kappa shape index (κ2) is 46.5. The molecule has 24 rings (SSSR count). The van der Waals surface area contributed by atoms with Gasteiger partial charge in [0.05, 0.1) is 32.9 Å². The van der Waals surface area contributed by atoms with Crippen LogP contribution in [0.25, 0.3) is 155 Å². The van der Waals surface area contributed by atoms with Crippen LogP contribution in [0.2, 0.25) is 0 Å². The minimum atomic E-state index is -4.46. The van der Waals surface area contributed by atoms with Gasteiger partial charge in [0.1, 0.15) is 23.3 Å². The molecule has 0 fully saturated rings. The molecule has 0 amide bonds. The molecular weight excluding hydrogens is 2680 g/mol. The Kier molecular flexibility index (Phi) is 33.6. The van der Waals surface area contributed by atoms with Gasteiger partial charge in [-0.1, -0.05) is 106 Å². The molecule has 12 aromatic heterocycles. The van der Waals surface area contributed by atoms with Crippen molar-refractivity contribution in [2.24, 2.45) is 0 Å². The van der Waals surface area contributed by atoms with E-state index in [4.69, 9.17) is 15.0 Å². The van der Waals surface area contributed by atoms with E-state index in [1.165, 1.54) is 67.3 Å². The van der Waals surface area contributed by atoms with Crippen molar-refractivity contribution in [3.63, 3.8) is 0 Å². The Bertz CT molecular complexity index is 9110. The summed E-state index contributed by atoms with van der Waals surface area (Å²) in [6.07, 6.45) is 3.04. The van der Waals surface area contributed by atoms with Crippen molar-refractivity contribution >= 4 is 162 Å². The summed E-state index contributed by atoms with van der Waals surface area (Å²) in [6.45, 7) is 20.6. The molecule has 150 heavy (non-hydrogen) atoms. The zero-order valence-electron chi connectivity index (χ0n) is 82.3. The number of benzene rings is 12. The minimum Gasteiger partial charge on any atom is -0.314 e. The van der Waals surface area contributed by atoms with Gasteiger partial charge in [0.15, 0.2) is 0 Å². The number of alkyl halides is 6. The third kappa shape index (κ3) is 22.6. The Hall–Kier alpha value is -12.9.